The van der Waals surface area contributed by atoms with E-state index in [0.29, 0.717) is 11.2 Å². The van der Waals surface area contributed by atoms with Crippen LogP contribution in [0.2, 0.25) is 0 Å². The number of amides is 1. The lowest BCUT2D eigenvalue weighted by Gasteiger charge is -2.05. The van der Waals surface area contributed by atoms with Crippen LogP contribution in [0.3, 0.4) is 0 Å². The molecule has 1 amide bonds. The fourth-order valence-corrected chi connectivity index (χ4v) is 2.66. The van der Waals surface area contributed by atoms with E-state index in [2.05, 4.69) is 25.5 Å². The number of rotatable bonds is 3. The van der Waals surface area contributed by atoms with Crippen molar-refractivity contribution in [1.82, 2.24) is 20.4 Å². The van der Waals surface area contributed by atoms with Crippen LogP contribution in [0, 0.1) is 6.92 Å². The van der Waals surface area contributed by atoms with Crippen molar-refractivity contribution >= 4 is 33.9 Å². The van der Waals surface area contributed by atoms with Crippen molar-refractivity contribution in [3.63, 3.8) is 0 Å². The van der Waals surface area contributed by atoms with Gasteiger partial charge in [0.1, 0.15) is 5.69 Å². The van der Waals surface area contributed by atoms with Gasteiger partial charge in [0.05, 0.1) is 17.2 Å². The molecule has 0 aliphatic rings. The summed E-state index contributed by atoms with van der Waals surface area (Å²) in [5.41, 5.74) is 6.04. The molecule has 0 spiro atoms. The van der Waals surface area contributed by atoms with E-state index in [1.807, 2.05) is 37.3 Å². The van der Waals surface area contributed by atoms with E-state index in [1.165, 1.54) is 0 Å². The topological polar surface area (TPSA) is 80.1 Å². The smallest absolute Gasteiger partial charge is 0.266 e. The molecule has 0 aliphatic carbocycles. The molecule has 3 aromatic heterocycles. The Bertz CT molecular complexity index is 1140. The molecule has 0 unspecified atom stereocenters. The first-order valence-electron chi connectivity index (χ1n) is 8.11. The van der Waals surface area contributed by atoms with Crippen LogP contribution in [0.5, 0.6) is 0 Å². The van der Waals surface area contributed by atoms with Gasteiger partial charge in [0, 0.05) is 28.9 Å². The molecule has 126 valence electrons. The number of pyridine rings is 3. The van der Waals surface area contributed by atoms with Crippen molar-refractivity contribution in [1.29, 1.82) is 0 Å². The predicted molar refractivity (Wildman–Crippen MR) is 101 cm³/mol. The van der Waals surface area contributed by atoms with Crippen molar-refractivity contribution in [3.8, 4) is 0 Å². The van der Waals surface area contributed by atoms with Crippen LogP contribution < -0.4 is 5.43 Å². The predicted octanol–water partition coefficient (Wildman–Crippen LogP) is 3.25. The SMILES string of the molecule is Cc1ccc2ccc3ccc(C(=O)N/N=C/c4ccncc4)nc3c2n1. The zero-order chi connectivity index (χ0) is 17.9. The molecule has 1 N–H and O–H groups in total. The van der Waals surface area contributed by atoms with Gasteiger partial charge in [0.15, 0.2) is 0 Å². The highest BCUT2D eigenvalue weighted by atomic mass is 16.2. The second-order valence-corrected chi connectivity index (χ2v) is 5.84. The summed E-state index contributed by atoms with van der Waals surface area (Å²) in [6.45, 7) is 1.93. The normalized spacial score (nSPS) is 11.3. The number of hydrogen-bond acceptors (Lipinski definition) is 5. The summed E-state index contributed by atoms with van der Waals surface area (Å²) < 4.78 is 0. The average Bonchev–Trinajstić information content (AvgIpc) is 2.68. The molecule has 0 aliphatic heterocycles. The van der Waals surface area contributed by atoms with Crippen LogP contribution in [0.25, 0.3) is 21.8 Å². The minimum absolute atomic E-state index is 0.292. The molecule has 0 bridgehead atoms. The Morgan fingerprint density at radius 3 is 2.35 bits per heavy atom. The van der Waals surface area contributed by atoms with Crippen molar-refractivity contribution in [2.45, 2.75) is 6.92 Å². The third kappa shape index (κ3) is 3.12. The maximum absolute atomic E-state index is 12.4. The lowest BCUT2D eigenvalue weighted by Crippen LogP contribution is -2.19. The van der Waals surface area contributed by atoms with E-state index >= 15 is 0 Å². The van der Waals surface area contributed by atoms with E-state index in [-0.39, 0.29) is 5.91 Å². The van der Waals surface area contributed by atoms with Gasteiger partial charge in [0.2, 0.25) is 0 Å². The molecule has 0 fully saturated rings. The Morgan fingerprint density at radius 2 is 1.58 bits per heavy atom. The highest BCUT2D eigenvalue weighted by Gasteiger charge is 2.10. The Morgan fingerprint density at radius 1 is 0.923 bits per heavy atom. The molecule has 4 aromatic rings. The standard InChI is InChI=1S/C20H15N5O/c1-13-2-3-15-4-5-16-6-7-17(24-19(16)18(15)23-13)20(26)25-22-12-14-8-10-21-11-9-14/h2-12H,1H3,(H,25,26)/b22-12+. The Kier molecular flexibility index (Phi) is 4.07. The fourth-order valence-electron chi connectivity index (χ4n) is 2.66. The van der Waals surface area contributed by atoms with E-state index in [1.54, 1.807) is 36.8 Å². The lowest BCUT2D eigenvalue weighted by atomic mass is 10.1. The maximum Gasteiger partial charge on any atom is 0.289 e. The zero-order valence-corrected chi connectivity index (χ0v) is 14.0. The Labute approximate surface area is 149 Å². The number of nitrogens with zero attached hydrogens (tertiary/aromatic N) is 4. The van der Waals surface area contributed by atoms with Gasteiger partial charge in [-0.1, -0.05) is 24.3 Å². The van der Waals surface area contributed by atoms with E-state index in [0.717, 1.165) is 27.5 Å². The quantitative estimate of drug-likeness (QED) is 0.352. The number of carbonyl (C=O) groups is 1. The first-order chi connectivity index (χ1) is 12.7. The monoisotopic (exact) mass is 341 g/mol. The number of benzene rings is 1. The maximum atomic E-state index is 12.4. The lowest BCUT2D eigenvalue weighted by molar-refractivity contribution is 0.0950. The summed E-state index contributed by atoms with van der Waals surface area (Å²) in [6, 6.07) is 15.1. The van der Waals surface area contributed by atoms with Crippen LogP contribution in [0.15, 0.2) is 66.0 Å². The Hall–Kier alpha value is -3.67. The van der Waals surface area contributed by atoms with Crippen LogP contribution in [0.4, 0.5) is 0 Å². The number of fused-ring (bicyclic) bond motifs is 3. The third-order valence-corrected chi connectivity index (χ3v) is 3.98. The minimum atomic E-state index is -0.373. The van der Waals surface area contributed by atoms with Crippen molar-refractivity contribution in [2.24, 2.45) is 5.10 Å². The van der Waals surface area contributed by atoms with Crippen LogP contribution >= 0.6 is 0 Å². The molecule has 0 saturated carbocycles. The summed E-state index contributed by atoms with van der Waals surface area (Å²) in [4.78, 5) is 25.4. The molecule has 1 aromatic carbocycles. The molecule has 0 atom stereocenters. The van der Waals surface area contributed by atoms with Crippen molar-refractivity contribution in [3.05, 3.63) is 77.9 Å². The number of carbonyl (C=O) groups excluding carboxylic acids is 1. The zero-order valence-electron chi connectivity index (χ0n) is 14.0. The Balaban J connectivity index is 1.66. The van der Waals surface area contributed by atoms with E-state index < -0.39 is 0 Å². The first kappa shape index (κ1) is 15.8. The molecular weight excluding hydrogens is 326 g/mol. The summed E-state index contributed by atoms with van der Waals surface area (Å²) in [5, 5.41) is 5.89. The van der Waals surface area contributed by atoms with Gasteiger partial charge >= 0.3 is 0 Å². The molecule has 4 rings (SSSR count). The highest BCUT2D eigenvalue weighted by Crippen LogP contribution is 2.22. The van der Waals surface area contributed by atoms with Gasteiger partial charge in [0.25, 0.3) is 5.91 Å². The fraction of sp³-hybridized carbons (Fsp3) is 0.0500. The van der Waals surface area contributed by atoms with Gasteiger partial charge in [-0.15, -0.1) is 0 Å². The summed E-state index contributed by atoms with van der Waals surface area (Å²) in [6.07, 6.45) is 4.88. The average molecular weight is 341 g/mol. The second kappa shape index (κ2) is 6.68. The number of aromatic nitrogens is 3. The number of hydrogen-bond donors (Lipinski definition) is 1. The van der Waals surface area contributed by atoms with E-state index in [9.17, 15) is 4.79 Å². The molecule has 0 saturated heterocycles. The van der Waals surface area contributed by atoms with Gasteiger partial charge in [-0.05, 0) is 36.8 Å². The van der Waals surface area contributed by atoms with Crippen LogP contribution in [0.1, 0.15) is 21.7 Å². The molecule has 26 heavy (non-hydrogen) atoms. The number of aryl methyl sites for hydroxylation is 1. The summed E-state index contributed by atoms with van der Waals surface area (Å²) in [5.74, 6) is -0.373. The van der Waals surface area contributed by atoms with Gasteiger partial charge < -0.3 is 0 Å². The van der Waals surface area contributed by atoms with Crippen molar-refractivity contribution < 1.29 is 4.79 Å². The van der Waals surface area contributed by atoms with Gasteiger partial charge in [-0.25, -0.2) is 10.4 Å². The van der Waals surface area contributed by atoms with Gasteiger partial charge in [-0.3, -0.25) is 14.8 Å². The molecule has 6 nitrogen and oxygen atoms in total. The van der Waals surface area contributed by atoms with Gasteiger partial charge in [-0.2, -0.15) is 5.10 Å². The third-order valence-electron chi connectivity index (χ3n) is 3.98. The number of nitrogens with one attached hydrogen (secondary N) is 1. The molecule has 6 heteroatoms. The van der Waals surface area contributed by atoms with Crippen LogP contribution in [-0.4, -0.2) is 27.1 Å². The second-order valence-electron chi connectivity index (χ2n) is 5.84. The molecule has 3 heterocycles. The van der Waals surface area contributed by atoms with E-state index in [4.69, 9.17) is 0 Å². The van der Waals surface area contributed by atoms with Crippen LogP contribution in [-0.2, 0) is 0 Å². The minimum Gasteiger partial charge on any atom is -0.266 e. The largest absolute Gasteiger partial charge is 0.289 e. The number of hydrazone groups is 1. The summed E-state index contributed by atoms with van der Waals surface area (Å²) >= 11 is 0. The first-order valence-corrected chi connectivity index (χ1v) is 8.11. The summed E-state index contributed by atoms with van der Waals surface area (Å²) in [7, 11) is 0. The highest BCUT2D eigenvalue weighted by molar-refractivity contribution is 6.04. The van der Waals surface area contributed by atoms with Crippen molar-refractivity contribution in [2.75, 3.05) is 0 Å². The molecular formula is C20H15N5O. The molecule has 0 radical (unpaired) electrons.